The van der Waals surface area contributed by atoms with Gasteiger partial charge in [0.1, 0.15) is 5.82 Å². The highest BCUT2D eigenvalue weighted by molar-refractivity contribution is 5.77. The Hall–Kier alpha value is -3.26. The summed E-state index contributed by atoms with van der Waals surface area (Å²) in [6.07, 6.45) is 1.48. The van der Waals surface area contributed by atoms with Crippen molar-refractivity contribution in [3.63, 3.8) is 0 Å². The number of rotatable bonds is 8. The van der Waals surface area contributed by atoms with Crippen molar-refractivity contribution in [3.05, 3.63) is 80.7 Å². The van der Waals surface area contributed by atoms with Gasteiger partial charge >= 0.3 is 11.7 Å². The molecule has 1 unspecified atom stereocenters. The molecule has 0 bridgehead atoms. The lowest BCUT2D eigenvalue weighted by atomic mass is 9.78. The van der Waals surface area contributed by atoms with Crippen LogP contribution in [0.4, 0.5) is 4.39 Å². The smallest absolute Gasteiger partial charge is 0.328 e. The average Bonchev–Trinajstić information content (AvgIpc) is 2.86. The summed E-state index contributed by atoms with van der Waals surface area (Å²) >= 11 is 0. The number of likely N-dealkylation sites (tertiary alicyclic amines) is 1. The number of esters is 1. The summed E-state index contributed by atoms with van der Waals surface area (Å²) in [4.78, 5) is 43.8. The van der Waals surface area contributed by atoms with Gasteiger partial charge in [-0.2, -0.15) is 0 Å². The first-order valence-corrected chi connectivity index (χ1v) is 13.0. The predicted molar refractivity (Wildman–Crippen MR) is 142 cm³/mol. The third-order valence-corrected chi connectivity index (χ3v) is 7.48. The number of carbonyl (C=O) groups excluding carboxylic acids is 1. The number of benzene rings is 2. The van der Waals surface area contributed by atoms with Crippen LogP contribution >= 0.6 is 0 Å². The van der Waals surface area contributed by atoms with Crippen LogP contribution in [0.2, 0.25) is 0 Å². The molecule has 4 rings (SSSR count). The van der Waals surface area contributed by atoms with E-state index in [4.69, 9.17) is 4.74 Å². The molecule has 0 aliphatic carbocycles. The molecule has 1 saturated heterocycles. The molecule has 2 heterocycles. The fraction of sp³-hybridized carbons (Fsp3) is 0.483. The Morgan fingerprint density at radius 1 is 1.16 bits per heavy atom. The van der Waals surface area contributed by atoms with Crippen molar-refractivity contribution < 1.29 is 13.9 Å². The fourth-order valence-electron chi connectivity index (χ4n) is 5.74. The maximum atomic E-state index is 13.5. The average molecular weight is 510 g/mol. The summed E-state index contributed by atoms with van der Waals surface area (Å²) in [6, 6.07) is 13.5. The Morgan fingerprint density at radius 2 is 1.86 bits per heavy atom. The summed E-state index contributed by atoms with van der Waals surface area (Å²) in [5, 5.41) is 0.492. The van der Waals surface area contributed by atoms with E-state index in [1.807, 2.05) is 0 Å². The van der Waals surface area contributed by atoms with E-state index in [-0.39, 0.29) is 47.2 Å². The molecule has 0 spiro atoms. The zero-order chi connectivity index (χ0) is 26.7. The van der Waals surface area contributed by atoms with Gasteiger partial charge in [0, 0.05) is 19.1 Å². The third-order valence-electron chi connectivity index (χ3n) is 7.48. The van der Waals surface area contributed by atoms with Crippen molar-refractivity contribution in [2.24, 2.45) is 11.3 Å². The normalized spacial score (nSPS) is 19.6. The highest BCUT2D eigenvalue weighted by Gasteiger charge is 2.38. The number of nitrogens with one attached hydrogen (secondary N) is 1. The number of carbonyl (C=O) groups is 1. The van der Waals surface area contributed by atoms with Crippen LogP contribution in [0.15, 0.2) is 58.1 Å². The van der Waals surface area contributed by atoms with Crippen molar-refractivity contribution in [2.45, 2.75) is 59.0 Å². The number of aromatic amines is 1. The molecular weight excluding hydrogens is 473 g/mol. The second-order valence-electron chi connectivity index (χ2n) is 10.9. The molecule has 8 heteroatoms. The number of aromatic nitrogens is 2. The summed E-state index contributed by atoms with van der Waals surface area (Å²) in [6.45, 7) is 9.94. The van der Waals surface area contributed by atoms with Crippen molar-refractivity contribution >= 4 is 16.9 Å². The van der Waals surface area contributed by atoms with Crippen LogP contribution in [-0.4, -0.2) is 46.2 Å². The lowest BCUT2D eigenvalue weighted by Crippen LogP contribution is -2.49. The number of H-pyrrole nitrogens is 1. The minimum atomic E-state index is -0.410. The van der Waals surface area contributed by atoms with Crippen molar-refractivity contribution in [1.29, 1.82) is 0 Å². The molecule has 198 valence electrons. The van der Waals surface area contributed by atoms with E-state index in [9.17, 15) is 18.8 Å². The van der Waals surface area contributed by atoms with E-state index in [0.717, 1.165) is 24.9 Å². The third kappa shape index (κ3) is 6.01. The Bertz CT molecular complexity index is 1360. The SMILES string of the molecule is CCOC(=O)[C@H]1CN(C(C)CC(C)(C)Cn2c(=O)[nH]c3ccccc3c2=O)CC[C@H]1c1ccc(F)cc1. The van der Waals surface area contributed by atoms with Crippen molar-refractivity contribution in [3.8, 4) is 0 Å². The number of para-hydroxylation sites is 1. The monoisotopic (exact) mass is 509 g/mol. The van der Waals surface area contributed by atoms with Crippen LogP contribution in [0.5, 0.6) is 0 Å². The number of nitrogens with zero attached hydrogens (tertiary/aromatic N) is 2. The first-order chi connectivity index (χ1) is 17.6. The summed E-state index contributed by atoms with van der Waals surface area (Å²) in [5.41, 5.74) is 0.428. The Balaban J connectivity index is 1.50. The van der Waals surface area contributed by atoms with E-state index < -0.39 is 5.69 Å². The largest absolute Gasteiger partial charge is 0.466 e. The number of halogens is 1. The Labute approximate surface area is 216 Å². The minimum Gasteiger partial charge on any atom is -0.466 e. The van der Waals surface area contributed by atoms with Gasteiger partial charge in [0.25, 0.3) is 5.56 Å². The first kappa shape index (κ1) is 26.8. The van der Waals surface area contributed by atoms with Crippen LogP contribution in [-0.2, 0) is 16.1 Å². The van der Waals surface area contributed by atoms with Gasteiger partial charge in [0.05, 0.1) is 23.4 Å². The van der Waals surface area contributed by atoms with E-state index >= 15 is 0 Å². The van der Waals surface area contributed by atoms with Gasteiger partial charge in [0.2, 0.25) is 0 Å². The summed E-state index contributed by atoms with van der Waals surface area (Å²) in [5.74, 6) is -0.919. The van der Waals surface area contributed by atoms with Crippen molar-refractivity contribution in [1.82, 2.24) is 14.5 Å². The minimum absolute atomic E-state index is 0.0363. The van der Waals surface area contributed by atoms with Gasteiger partial charge in [-0.25, -0.2) is 9.18 Å². The molecule has 2 aromatic carbocycles. The molecule has 1 fully saturated rings. The molecule has 1 aromatic heterocycles. The van der Waals surface area contributed by atoms with Gasteiger partial charge in [0.15, 0.2) is 0 Å². The van der Waals surface area contributed by atoms with Crippen LogP contribution in [0.25, 0.3) is 10.9 Å². The molecule has 7 nitrogen and oxygen atoms in total. The van der Waals surface area contributed by atoms with E-state index in [2.05, 4.69) is 30.7 Å². The standard InChI is InChI=1S/C29H36FN3O4/c1-5-37-27(35)24-17-32(15-14-22(24)20-10-12-21(30)13-11-20)19(2)16-29(3,4)18-33-26(34)23-8-6-7-9-25(23)31-28(33)36/h6-13,19,22,24H,5,14-18H2,1-4H3,(H,31,36)/t19?,22-,24-/m0/s1. The van der Waals surface area contributed by atoms with Crippen LogP contribution in [0.3, 0.4) is 0 Å². The number of hydrogen-bond acceptors (Lipinski definition) is 5. The molecule has 3 atom stereocenters. The molecular formula is C29H36FN3O4. The number of hydrogen-bond donors (Lipinski definition) is 1. The maximum absolute atomic E-state index is 13.5. The highest BCUT2D eigenvalue weighted by Crippen LogP contribution is 2.36. The zero-order valence-corrected chi connectivity index (χ0v) is 22.0. The molecule has 1 aliphatic rings. The topological polar surface area (TPSA) is 84.4 Å². The van der Waals surface area contributed by atoms with Crippen LogP contribution < -0.4 is 11.2 Å². The molecule has 1 aliphatic heterocycles. The van der Waals surface area contributed by atoms with E-state index in [0.29, 0.717) is 24.1 Å². The zero-order valence-electron chi connectivity index (χ0n) is 22.0. The number of piperidine rings is 1. The first-order valence-electron chi connectivity index (χ1n) is 13.0. The lowest BCUT2D eigenvalue weighted by Gasteiger charge is -2.42. The van der Waals surface area contributed by atoms with Gasteiger partial charge in [-0.15, -0.1) is 0 Å². The summed E-state index contributed by atoms with van der Waals surface area (Å²) < 4.78 is 20.2. The van der Waals surface area contributed by atoms with Gasteiger partial charge < -0.3 is 9.72 Å². The van der Waals surface area contributed by atoms with Crippen LogP contribution in [0.1, 0.15) is 52.0 Å². The number of fused-ring (bicyclic) bond motifs is 1. The fourth-order valence-corrected chi connectivity index (χ4v) is 5.74. The van der Waals surface area contributed by atoms with Gasteiger partial charge in [-0.05, 0) is 74.4 Å². The molecule has 0 saturated carbocycles. The lowest BCUT2D eigenvalue weighted by molar-refractivity contribution is -0.151. The van der Waals surface area contributed by atoms with Gasteiger partial charge in [-0.3, -0.25) is 19.1 Å². The number of ether oxygens (including phenoxy) is 1. The molecule has 0 radical (unpaired) electrons. The second kappa shape index (κ2) is 11.0. The van der Waals surface area contributed by atoms with Gasteiger partial charge in [-0.1, -0.05) is 38.1 Å². The van der Waals surface area contributed by atoms with E-state index in [1.165, 1.54) is 16.7 Å². The van der Waals surface area contributed by atoms with Crippen molar-refractivity contribution in [2.75, 3.05) is 19.7 Å². The molecule has 3 aromatic rings. The molecule has 0 amide bonds. The Morgan fingerprint density at radius 3 is 2.57 bits per heavy atom. The second-order valence-corrected chi connectivity index (χ2v) is 10.9. The summed E-state index contributed by atoms with van der Waals surface area (Å²) in [7, 11) is 0. The molecule has 37 heavy (non-hydrogen) atoms. The predicted octanol–water partition coefficient (Wildman–Crippen LogP) is 4.30. The highest BCUT2D eigenvalue weighted by atomic mass is 19.1. The molecule has 1 N–H and O–H groups in total. The Kier molecular flexibility index (Phi) is 7.97. The van der Waals surface area contributed by atoms with Crippen LogP contribution in [0, 0.1) is 17.2 Å². The maximum Gasteiger partial charge on any atom is 0.328 e. The quantitative estimate of drug-likeness (QED) is 0.458. The van der Waals surface area contributed by atoms with E-state index in [1.54, 1.807) is 43.3 Å².